The quantitative estimate of drug-likeness (QED) is 0.115. The average molecular weight is 748 g/mol. The van der Waals surface area contributed by atoms with Gasteiger partial charge in [-0.25, -0.2) is 23.7 Å². The number of rotatable bonds is 13. The highest BCUT2D eigenvalue weighted by molar-refractivity contribution is 8.00. The van der Waals surface area contributed by atoms with E-state index in [0.29, 0.717) is 29.1 Å². The minimum Gasteiger partial charge on any atom is -0.494 e. The van der Waals surface area contributed by atoms with Crippen molar-refractivity contribution in [2.45, 2.75) is 30.6 Å². The summed E-state index contributed by atoms with van der Waals surface area (Å²) in [6.07, 6.45) is 5.72. The Hall–Kier alpha value is -4.11. The van der Waals surface area contributed by atoms with Crippen LogP contribution >= 0.6 is 23.3 Å². The highest BCUT2D eigenvalue weighted by atomic mass is 32.2. The molecule has 2 fully saturated rings. The van der Waals surface area contributed by atoms with E-state index < -0.39 is 22.4 Å². The molecule has 7 rings (SSSR count). The van der Waals surface area contributed by atoms with Gasteiger partial charge in [0.05, 0.1) is 39.0 Å². The van der Waals surface area contributed by atoms with Gasteiger partial charge >= 0.3 is 0 Å². The summed E-state index contributed by atoms with van der Waals surface area (Å²) in [4.78, 5) is 20.2. The number of hydrogen-bond donors (Lipinski definition) is 2. The topological polar surface area (TPSA) is 95.5 Å². The molecule has 1 saturated heterocycles. The van der Waals surface area contributed by atoms with Gasteiger partial charge < -0.3 is 19.7 Å². The van der Waals surface area contributed by atoms with Crippen molar-refractivity contribution in [2.24, 2.45) is 0 Å². The van der Waals surface area contributed by atoms with Crippen molar-refractivity contribution < 1.29 is 17.7 Å². The summed E-state index contributed by atoms with van der Waals surface area (Å²) in [5.74, 6) is 1.04. The second-order valence-corrected chi connectivity index (χ2v) is 16.1. The maximum absolute atomic E-state index is 14.3. The molecule has 0 spiro atoms. The number of anilines is 4. The molecular formula is C37H39F2N7O2S3. The fourth-order valence-corrected chi connectivity index (χ4v) is 8.47. The molecule has 3 aromatic carbocycles. The summed E-state index contributed by atoms with van der Waals surface area (Å²) in [6.45, 7) is 6.58. The summed E-state index contributed by atoms with van der Waals surface area (Å²) in [6, 6.07) is 17.5. The maximum atomic E-state index is 14.3. The van der Waals surface area contributed by atoms with Crippen molar-refractivity contribution in [3.63, 3.8) is 0 Å². The van der Waals surface area contributed by atoms with Gasteiger partial charge in [-0.1, -0.05) is 18.2 Å². The Balaban J connectivity index is 1.11. The van der Waals surface area contributed by atoms with Crippen LogP contribution < -0.4 is 19.7 Å². The molecular weight excluding hydrogens is 709 g/mol. The lowest BCUT2D eigenvalue weighted by molar-refractivity contribution is 0.272. The Morgan fingerprint density at radius 3 is 2.51 bits per heavy atom. The molecule has 3 heterocycles. The number of piperazine rings is 1. The van der Waals surface area contributed by atoms with E-state index in [9.17, 15) is 13.0 Å². The number of methoxy groups -OCH3 is 1. The molecule has 9 nitrogen and oxygen atoms in total. The molecule has 51 heavy (non-hydrogen) atoms. The number of thiazole rings is 1. The lowest BCUT2D eigenvalue weighted by atomic mass is 10.1. The number of hydrogen-bond acceptors (Lipinski definition) is 11. The maximum Gasteiger partial charge on any atom is 0.227 e. The summed E-state index contributed by atoms with van der Waals surface area (Å²) in [7, 11) is 0.880. The van der Waals surface area contributed by atoms with Gasteiger partial charge in [0.1, 0.15) is 17.4 Å². The van der Waals surface area contributed by atoms with Gasteiger partial charge in [-0.05, 0) is 73.7 Å². The van der Waals surface area contributed by atoms with Crippen LogP contribution in [0.2, 0.25) is 0 Å². The fraction of sp³-hybridized carbons (Fsp3) is 0.324. The van der Waals surface area contributed by atoms with E-state index in [2.05, 4.69) is 43.9 Å². The highest BCUT2D eigenvalue weighted by Gasteiger charge is 2.30. The van der Waals surface area contributed by atoms with Crippen LogP contribution in [-0.4, -0.2) is 75.9 Å². The molecule has 14 heteroatoms. The van der Waals surface area contributed by atoms with Crippen molar-refractivity contribution in [3.05, 3.63) is 89.1 Å². The minimum absolute atomic E-state index is 0.0862. The normalized spacial score (nSPS) is 15.5. The first-order valence-corrected chi connectivity index (χ1v) is 20.2. The summed E-state index contributed by atoms with van der Waals surface area (Å²) in [5, 5.41) is 4.47. The minimum atomic E-state index is -0.783. The van der Waals surface area contributed by atoms with Crippen molar-refractivity contribution in [1.82, 2.24) is 19.9 Å². The molecule has 1 atom stereocenters. The highest BCUT2D eigenvalue weighted by Crippen LogP contribution is 2.47. The molecule has 2 aromatic heterocycles. The van der Waals surface area contributed by atoms with E-state index in [1.807, 2.05) is 30.3 Å². The molecule has 2 N–H and O–H groups in total. The van der Waals surface area contributed by atoms with E-state index in [4.69, 9.17) is 14.7 Å². The van der Waals surface area contributed by atoms with E-state index in [1.54, 1.807) is 30.9 Å². The molecule has 0 amide bonds. The van der Waals surface area contributed by atoms with Gasteiger partial charge in [-0.3, -0.25) is 9.11 Å². The van der Waals surface area contributed by atoms with Gasteiger partial charge in [0, 0.05) is 90.7 Å². The third kappa shape index (κ3) is 8.35. The second-order valence-electron chi connectivity index (χ2n) is 12.7. The number of aromatic nitrogens is 3. The SMILES string of the molecule is COc1cc(N2CCN(CCS(C)=O)CC2)c(C)cc1Nc1nccc(-c2sc(C3CC3)nc2-c2cccc(NSc3c(F)cccc3F)c2)n1. The molecule has 1 aliphatic carbocycles. The third-order valence-electron chi connectivity index (χ3n) is 8.96. The van der Waals surface area contributed by atoms with E-state index in [-0.39, 0.29) is 4.90 Å². The first kappa shape index (κ1) is 35.3. The number of ether oxygens (including phenoxy) is 1. The first-order chi connectivity index (χ1) is 24.7. The molecule has 2 aliphatic rings. The lowest BCUT2D eigenvalue weighted by Gasteiger charge is -2.37. The Morgan fingerprint density at radius 1 is 1.02 bits per heavy atom. The lowest BCUT2D eigenvalue weighted by Crippen LogP contribution is -2.47. The molecule has 1 unspecified atom stereocenters. The molecule has 0 bridgehead atoms. The van der Waals surface area contributed by atoms with Crippen LogP contribution in [0.25, 0.3) is 21.8 Å². The van der Waals surface area contributed by atoms with Crippen LogP contribution in [0.4, 0.5) is 31.8 Å². The number of benzene rings is 3. The van der Waals surface area contributed by atoms with Crippen molar-refractivity contribution in [2.75, 3.05) is 66.8 Å². The van der Waals surface area contributed by atoms with Crippen LogP contribution in [0.5, 0.6) is 5.75 Å². The third-order valence-corrected chi connectivity index (χ3v) is 11.9. The summed E-state index contributed by atoms with van der Waals surface area (Å²) in [5.41, 5.74) is 6.12. The van der Waals surface area contributed by atoms with E-state index in [1.165, 1.54) is 18.2 Å². The predicted octanol–water partition coefficient (Wildman–Crippen LogP) is 8.10. The van der Waals surface area contributed by atoms with Gasteiger partial charge in [0.2, 0.25) is 5.95 Å². The van der Waals surface area contributed by atoms with Crippen LogP contribution in [0.15, 0.2) is 71.8 Å². The Bertz CT molecular complexity index is 2030. The fourth-order valence-electron chi connectivity index (χ4n) is 6.05. The van der Waals surface area contributed by atoms with Crippen molar-refractivity contribution in [1.29, 1.82) is 0 Å². The van der Waals surface area contributed by atoms with Crippen molar-refractivity contribution in [3.8, 4) is 27.6 Å². The van der Waals surface area contributed by atoms with Gasteiger partial charge in [0.15, 0.2) is 0 Å². The molecule has 1 saturated carbocycles. The van der Waals surface area contributed by atoms with Crippen LogP contribution in [-0.2, 0) is 10.8 Å². The standard InChI is InChI=1S/C37H39F2N7O2S3/c1-23-20-30(32(48-2)22-31(23)46-16-14-45(15-17-46)18-19-51(3)47)42-37-40-13-12-29(41-37)35-33(43-36(49-35)24-10-11-24)25-6-4-7-26(21-25)44-50-34-27(38)8-5-9-28(34)39/h4-9,12-13,20-22,24,44H,10-11,14-19H2,1-3H3,(H,40,41,42). The monoisotopic (exact) mass is 747 g/mol. The molecule has 1 aliphatic heterocycles. The Morgan fingerprint density at radius 2 is 1.78 bits per heavy atom. The van der Waals surface area contributed by atoms with Gasteiger partial charge in [0.25, 0.3) is 0 Å². The zero-order chi connectivity index (χ0) is 35.5. The zero-order valence-electron chi connectivity index (χ0n) is 28.6. The largest absolute Gasteiger partial charge is 0.494 e. The van der Waals surface area contributed by atoms with Crippen molar-refractivity contribution >= 4 is 57.1 Å². The molecule has 266 valence electrons. The summed E-state index contributed by atoms with van der Waals surface area (Å²) >= 11 is 2.54. The number of halogens is 2. The Labute approximate surface area is 307 Å². The predicted molar refractivity (Wildman–Crippen MR) is 205 cm³/mol. The van der Waals surface area contributed by atoms with Crippen LogP contribution in [0, 0.1) is 18.6 Å². The van der Waals surface area contributed by atoms with E-state index in [0.717, 1.165) is 101 Å². The van der Waals surface area contributed by atoms with Gasteiger partial charge in [-0.15, -0.1) is 11.3 Å². The van der Waals surface area contributed by atoms with E-state index >= 15 is 0 Å². The van der Waals surface area contributed by atoms with Crippen LogP contribution in [0.3, 0.4) is 0 Å². The molecule has 0 radical (unpaired) electrons. The number of aryl methyl sites for hydroxylation is 1. The summed E-state index contributed by atoms with van der Waals surface area (Å²) < 4.78 is 49.0. The Kier molecular flexibility index (Phi) is 10.8. The first-order valence-electron chi connectivity index (χ1n) is 16.8. The zero-order valence-corrected chi connectivity index (χ0v) is 31.1. The molecule has 5 aromatic rings. The van der Waals surface area contributed by atoms with Crippen LogP contribution in [0.1, 0.15) is 29.3 Å². The number of nitrogens with one attached hydrogen (secondary N) is 2. The van der Waals surface area contributed by atoms with Gasteiger partial charge in [-0.2, -0.15) is 0 Å². The second kappa shape index (κ2) is 15.6. The average Bonchev–Trinajstić information content (AvgIpc) is 3.89. The number of nitrogens with zero attached hydrogens (tertiary/aromatic N) is 5. The smallest absolute Gasteiger partial charge is 0.227 e.